The summed E-state index contributed by atoms with van der Waals surface area (Å²) in [6.07, 6.45) is 5.45. The molecule has 1 heterocycles. The molecular weight excluding hydrogens is 238 g/mol. The van der Waals surface area contributed by atoms with Crippen molar-refractivity contribution in [1.29, 1.82) is 0 Å². The van der Waals surface area contributed by atoms with Crippen molar-refractivity contribution in [3.8, 4) is 0 Å². The van der Waals surface area contributed by atoms with Crippen LogP contribution in [0.5, 0.6) is 0 Å². The fraction of sp³-hybridized carbons (Fsp3) is 0.500. The van der Waals surface area contributed by atoms with Crippen LogP contribution in [0.3, 0.4) is 0 Å². The van der Waals surface area contributed by atoms with Crippen molar-refractivity contribution < 1.29 is 0 Å². The fourth-order valence-electron chi connectivity index (χ4n) is 2.45. The Balaban J connectivity index is 1.95. The zero-order valence-corrected chi connectivity index (χ0v) is 9.76. The van der Waals surface area contributed by atoms with Crippen LogP contribution in [0.4, 0.5) is 5.69 Å². The molecule has 0 unspecified atom stereocenters. The molecule has 0 saturated heterocycles. The molecule has 1 fully saturated rings. The number of rotatable bonds is 1. The van der Waals surface area contributed by atoms with E-state index < -0.39 is 0 Å². The average Bonchev–Trinajstić information content (AvgIpc) is 2.46. The van der Waals surface area contributed by atoms with E-state index in [1.165, 1.54) is 48.0 Å². The number of hydrogen-bond donors (Lipinski definition) is 0. The molecule has 1 aliphatic carbocycles. The molecule has 0 bridgehead atoms. The summed E-state index contributed by atoms with van der Waals surface area (Å²) in [5.41, 5.74) is 3.00. The van der Waals surface area contributed by atoms with Gasteiger partial charge in [0.05, 0.1) is 0 Å². The first-order valence-electron chi connectivity index (χ1n) is 5.40. The second-order valence-electron chi connectivity index (χ2n) is 4.30. The lowest BCUT2D eigenvalue weighted by Gasteiger charge is -2.36. The summed E-state index contributed by atoms with van der Waals surface area (Å²) < 4.78 is 1.21. The van der Waals surface area contributed by atoms with Crippen molar-refractivity contribution in [2.45, 2.75) is 31.7 Å². The molecule has 0 spiro atoms. The van der Waals surface area contributed by atoms with Crippen molar-refractivity contribution in [2.75, 3.05) is 11.4 Å². The van der Waals surface area contributed by atoms with Crippen molar-refractivity contribution in [3.63, 3.8) is 0 Å². The SMILES string of the molecule is Brc1ccc2c(c1)N(C1CCC1)CC2. The lowest BCUT2D eigenvalue weighted by Crippen LogP contribution is -2.38. The minimum Gasteiger partial charge on any atom is -0.368 e. The number of anilines is 1. The fourth-order valence-corrected chi connectivity index (χ4v) is 2.80. The molecule has 0 amide bonds. The van der Waals surface area contributed by atoms with Crippen LogP contribution in [0.1, 0.15) is 24.8 Å². The second-order valence-corrected chi connectivity index (χ2v) is 5.22. The first-order valence-corrected chi connectivity index (χ1v) is 6.19. The lowest BCUT2D eigenvalue weighted by atomic mass is 9.91. The predicted molar refractivity (Wildman–Crippen MR) is 62.8 cm³/mol. The van der Waals surface area contributed by atoms with Crippen LogP contribution in [0.25, 0.3) is 0 Å². The predicted octanol–water partition coefficient (Wildman–Crippen LogP) is 3.36. The molecule has 0 atom stereocenters. The maximum atomic E-state index is 3.55. The summed E-state index contributed by atoms with van der Waals surface area (Å²) in [4.78, 5) is 2.60. The molecule has 0 aromatic heterocycles. The Kier molecular flexibility index (Phi) is 2.05. The number of nitrogens with zero attached hydrogens (tertiary/aromatic N) is 1. The standard InChI is InChI=1S/C12H14BrN/c13-10-5-4-9-6-7-14(12(9)8-10)11-2-1-3-11/h4-5,8,11H,1-3,6-7H2. The van der Waals surface area contributed by atoms with E-state index in [1.807, 2.05) is 0 Å². The molecule has 1 saturated carbocycles. The largest absolute Gasteiger partial charge is 0.368 e. The van der Waals surface area contributed by atoms with Gasteiger partial charge in [-0.3, -0.25) is 0 Å². The lowest BCUT2D eigenvalue weighted by molar-refractivity contribution is 0.392. The van der Waals surface area contributed by atoms with Gasteiger partial charge in [-0.25, -0.2) is 0 Å². The smallest absolute Gasteiger partial charge is 0.0413 e. The van der Waals surface area contributed by atoms with Crippen molar-refractivity contribution in [3.05, 3.63) is 28.2 Å². The molecule has 0 N–H and O–H groups in total. The highest BCUT2D eigenvalue weighted by Crippen LogP contribution is 2.37. The van der Waals surface area contributed by atoms with E-state index in [1.54, 1.807) is 0 Å². The van der Waals surface area contributed by atoms with Crippen LogP contribution in [-0.4, -0.2) is 12.6 Å². The summed E-state index contributed by atoms with van der Waals surface area (Å²) in [6.45, 7) is 1.23. The first kappa shape index (κ1) is 8.78. The van der Waals surface area contributed by atoms with Crippen LogP contribution in [0.15, 0.2) is 22.7 Å². The summed E-state index contributed by atoms with van der Waals surface area (Å²) in [5, 5.41) is 0. The van der Waals surface area contributed by atoms with E-state index in [0.29, 0.717) is 0 Å². The quantitative estimate of drug-likeness (QED) is 0.740. The van der Waals surface area contributed by atoms with Crippen LogP contribution in [0, 0.1) is 0 Å². The molecule has 14 heavy (non-hydrogen) atoms. The van der Waals surface area contributed by atoms with Gasteiger partial charge in [-0.15, -0.1) is 0 Å². The molecule has 3 rings (SSSR count). The summed E-state index contributed by atoms with van der Waals surface area (Å²) in [6, 6.07) is 7.53. The summed E-state index contributed by atoms with van der Waals surface area (Å²) >= 11 is 3.55. The van der Waals surface area contributed by atoms with Gasteiger partial charge < -0.3 is 4.90 Å². The zero-order valence-electron chi connectivity index (χ0n) is 8.17. The highest BCUT2D eigenvalue weighted by Gasteiger charge is 2.29. The minimum absolute atomic E-state index is 0.838. The molecule has 1 aromatic rings. The van der Waals surface area contributed by atoms with Crippen LogP contribution in [-0.2, 0) is 6.42 Å². The number of benzene rings is 1. The van der Waals surface area contributed by atoms with Gasteiger partial charge in [0.2, 0.25) is 0 Å². The van der Waals surface area contributed by atoms with E-state index in [9.17, 15) is 0 Å². The van der Waals surface area contributed by atoms with E-state index in [4.69, 9.17) is 0 Å². The Morgan fingerprint density at radius 3 is 2.86 bits per heavy atom. The Hall–Kier alpha value is -0.500. The molecule has 2 aliphatic rings. The Bertz CT molecular complexity index is 357. The van der Waals surface area contributed by atoms with Gasteiger partial charge in [-0.2, -0.15) is 0 Å². The molecular formula is C12H14BrN. The van der Waals surface area contributed by atoms with E-state index in [0.717, 1.165) is 6.04 Å². The van der Waals surface area contributed by atoms with Gasteiger partial charge in [0.25, 0.3) is 0 Å². The van der Waals surface area contributed by atoms with Crippen LogP contribution in [0.2, 0.25) is 0 Å². The highest BCUT2D eigenvalue weighted by atomic mass is 79.9. The highest BCUT2D eigenvalue weighted by molar-refractivity contribution is 9.10. The monoisotopic (exact) mass is 251 g/mol. The topological polar surface area (TPSA) is 3.24 Å². The minimum atomic E-state index is 0.838. The average molecular weight is 252 g/mol. The maximum absolute atomic E-state index is 3.55. The van der Waals surface area contributed by atoms with Crippen molar-refractivity contribution in [1.82, 2.24) is 0 Å². The molecule has 0 radical (unpaired) electrons. The van der Waals surface area contributed by atoms with Gasteiger partial charge >= 0.3 is 0 Å². The Morgan fingerprint density at radius 1 is 1.29 bits per heavy atom. The third kappa shape index (κ3) is 1.28. The van der Waals surface area contributed by atoms with E-state index in [-0.39, 0.29) is 0 Å². The van der Waals surface area contributed by atoms with E-state index >= 15 is 0 Å². The van der Waals surface area contributed by atoms with Gasteiger partial charge in [-0.1, -0.05) is 22.0 Å². The molecule has 74 valence electrons. The molecule has 1 aliphatic heterocycles. The summed E-state index contributed by atoms with van der Waals surface area (Å²) in [7, 11) is 0. The Labute approximate surface area is 93.2 Å². The second kappa shape index (κ2) is 3.27. The normalized spacial score (nSPS) is 20.8. The maximum Gasteiger partial charge on any atom is 0.0413 e. The first-order chi connectivity index (χ1) is 6.84. The zero-order chi connectivity index (χ0) is 9.54. The number of fused-ring (bicyclic) bond motifs is 1. The molecule has 2 heteroatoms. The van der Waals surface area contributed by atoms with Gasteiger partial charge in [0.15, 0.2) is 0 Å². The van der Waals surface area contributed by atoms with Crippen molar-refractivity contribution in [2.24, 2.45) is 0 Å². The van der Waals surface area contributed by atoms with Crippen molar-refractivity contribution >= 4 is 21.6 Å². The van der Waals surface area contributed by atoms with Crippen LogP contribution >= 0.6 is 15.9 Å². The van der Waals surface area contributed by atoms with Gasteiger partial charge in [0.1, 0.15) is 0 Å². The summed E-state index contributed by atoms with van der Waals surface area (Å²) in [5.74, 6) is 0. The molecule has 1 nitrogen and oxygen atoms in total. The third-order valence-corrected chi connectivity index (χ3v) is 3.99. The van der Waals surface area contributed by atoms with Gasteiger partial charge in [-0.05, 0) is 43.4 Å². The third-order valence-electron chi connectivity index (χ3n) is 3.49. The number of hydrogen-bond acceptors (Lipinski definition) is 1. The van der Waals surface area contributed by atoms with Crippen LogP contribution < -0.4 is 4.90 Å². The Morgan fingerprint density at radius 2 is 2.14 bits per heavy atom. The number of halogens is 1. The molecule has 1 aromatic carbocycles. The van der Waals surface area contributed by atoms with Gasteiger partial charge in [0, 0.05) is 22.7 Å². The van der Waals surface area contributed by atoms with E-state index in [2.05, 4.69) is 39.0 Å².